The lowest BCUT2D eigenvalue weighted by molar-refractivity contribution is -0.385. The molecule has 3 N–H and O–H groups in total. The van der Waals surface area contributed by atoms with Gasteiger partial charge in [0.2, 0.25) is 11.8 Å². The van der Waals surface area contributed by atoms with Crippen LogP contribution in [0, 0.1) is 17.0 Å². The van der Waals surface area contributed by atoms with Gasteiger partial charge in [0, 0.05) is 38.7 Å². The number of hydrogen-bond acceptors (Lipinski definition) is 7. The number of carbonyl (C=O) groups is 3. The van der Waals surface area contributed by atoms with E-state index in [1.807, 2.05) is 0 Å². The van der Waals surface area contributed by atoms with E-state index in [9.17, 15) is 24.5 Å². The lowest BCUT2D eigenvalue weighted by Gasteiger charge is -2.35. The quantitative estimate of drug-likeness (QED) is 0.431. The molecule has 0 saturated carbocycles. The average molecular weight is 422 g/mol. The second kappa shape index (κ2) is 10.5. The third-order valence-electron chi connectivity index (χ3n) is 4.86. The van der Waals surface area contributed by atoms with Gasteiger partial charge in [-0.15, -0.1) is 0 Å². The molecule has 30 heavy (non-hydrogen) atoms. The SMILES string of the molecule is Cc1ccc(OCCC(=O)N2CCN(C(=O)CC[C@H](N)C(=O)O)CC2)c([N+](=O)[O-])c1. The number of aryl methyl sites for hydroxylation is 1. The smallest absolute Gasteiger partial charge is 0.320 e. The van der Waals surface area contributed by atoms with Crippen LogP contribution in [0.25, 0.3) is 0 Å². The van der Waals surface area contributed by atoms with Crippen molar-refractivity contribution in [3.05, 3.63) is 33.9 Å². The average Bonchev–Trinajstić information content (AvgIpc) is 2.72. The van der Waals surface area contributed by atoms with E-state index >= 15 is 0 Å². The first-order valence-electron chi connectivity index (χ1n) is 9.61. The van der Waals surface area contributed by atoms with Crippen LogP contribution >= 0.6 is 0 Å². The molecular formula is C19H26N4O7. The zero-order valence-corrected chi connectivity index (χ0v) is 16.8. The van der Waals surface area contributed by atoms with Crippen molar-refractivity contribution in [1.82, 2.24) is 9.80 Å². The van der Waals surface area contributed by atoms with E-state index in [0.717, 1.165) is 5.56 Å². The third kappa shape index (κ3) is 6.41. The van der Waals surface area contributed by atoms with Crippen molar-refractivity contribution in [2.45, 2.75) is 32.2 Å². The van der Waals surface area contributed by atoms with E-state index in [1.54, 1.807) is 22.8 Å². The van der Waals surface area contributed by atoms with Gasteiger partial charge in [-0.2, -0.15) is 0 Å². The van der Waals surface area contributed by atoms with Crippen molar-refractivity contribution in [3.8, 4) is 5.75 Å². The summed E-state index contributed by atoms with van der Waals surface area (Å²) in [5.74, 6) is -1.37. The van der Waals surface area contributed by atoms with Gasteiger partial charge in [0.15, 0.2) is 5.75 Å². The summed E-state index contributed by atoms with van der Waals surface area (Å²) in [4.78, 5) is 49.0. The Morgan fingerprint density at radius 3 is 2.27 bits per heavy atom. The number of nitrogens with two attached hydrogens (primary N) is 1. The van der Waals surface area contributed by atoms with Crippen molar-refractivity contribution >= 4 is 23.5 Å². The summed E-state index contributed by atoms with van der Waals surface area (Å²) < 4.78 is 5.43. The molecule has 1 heterocycles. The summed E-state index contributed by atoms with van der Waals surface area (Å²) in [6.07, 6.45) is 0.173. The molecule has 2 amide bonds. The number of piperazine rings is 1. The standard InChI is InChI=1S/C19H26N4O7/c1-13-2-4-16(15(12-13)23(28)29)30-11-6-18(25)22-9-7-21(8-10-22)17(24)5-3-14(20)19(26)27/h2,4,12,14H,3,5-11,20H2,1H3,(H,26,27)/t14-/m0/s1. The first-order chi connectivity index (χ1) is 14.2. The predicted molar refractivity (Wildman–Crippen MR) is 106 cm³/mol. The molecule has 1 aliphatic rings. The Hall–Kier alpha value is -3.21. The first kappa shape index (κ1) is 23.1. The van der Waals surface area contributed by atoms with Crippen molar-refractivity contribution in [2.75, 3.05) is 32.8 Å². The number of benzene rings is 1. The first-order valence-corrected chi connectivity index (χ1v) is 9.61. The lowest BCUT2D eigenvalue weighted by atomic mass is 10.1. The second-order valence-electron chi connectivity index (χ2n) is 7.07. The minimum Gasteiger partial charge on any atom is -0.486 e. The topological polar surface area (TPSA) is 156 Å². The molecule has 0 bridgehead atoms. The van der Waals surface area contributed by atoms with Gasteiger partial charge in [0.1, 0.15) is 6.04 Å². The molecule has 2 rings (SSSR count). The fraction of sp³-hybridized carbons (Fsp3) is 0.526. The summed E-state index contributed by atoms with van der Waals surface area (Å²) in [6.45, 7) is 3.19. The van der Waals surface area contributed by atoms with Crippen LogP contribution in [0.4, 0.5) is 5.69 Å². The number of carboxylic acid groups (broad SMARTS) is 1. The van der Waals surface area contributed by atoms with Gasteiger partial charge in [0.05, 0.1) is 18.0 Å². The number of carbonyl (C=O) groups excluding carboxylic acids is 2. The molecule has 1 fully saturated rings. The molecule has 0 aromatic heterocycles. The fourth-order valence-corrected chi connectivity index (χ4v) is 3.06. The highest BCUT2D eigenvalue weighted by molar-refractivity contribution is 5.79. The van der Waals surface area contributed by atoms with Gasteiger partial charge >= 0.3 is 11.7 Å². The predicted octanol–water partition coefficient (Wildman–Crippen LogP) is 0.535. The number of carboxylic acids is 1. The molecule has 1 aliphatic heterocycles. The number of ether oxygens (including phenoxy) is 1. The van der Waals surface area contributed by atoms with E-state index in [4.69, 9.17) is 15.6 Å². The number of hydrogen-bond donors (Lipinski definition) is 2. The molecule has 11 nitrogen and oxygen atoms in total. The van der Waals surface area contributed by atoms with Crippen molar-refractivity contribution in [1.29, 1.82) is 0 Å². The number of nitro groups is 1. The minimum absolute atomic E-state index is 0.00888. The monoisotopic (exact) mass is 422 g/mol. The zero-order valence-electron chi connectivity index (χ0n) is 16.8. The highest BCUT2D eigenvalue weighted by Gasteiger charge is 2.25. The van der Waals surface area contributed by atoms with Gasteiger partial charge in [-0.05, 0) is 25.0 Å². The Bertz CT molecular complexity index is 806. The molecule has 0 aliphatic carbocycles. The van der Waals surface area contributed by atoms with Crippen LogP contribution < -0.4 is 10.5 Å². The molecule has 1 atom stereocenters. The normalized spacial score (nSPS) is 14.9. The summed E-state index contributed by atoms with van der Waals surface area (Å²) in [7, 11) is 0. The minimum atomic E-state index is -1.14. The Kier molecular flexibility index (Phi) is 8.10. The molecule has 1 aromatic carbocycles. The van der Waals surface area contributed by atoms with Gasteiger partial charge in [-0.3, -0.25) is 24.5 Å². The summed E-state index contributed by atoms with van der Waals surface area (Å²) in [5, 5.41) is 19.9. The van der Waals surface area contributed by atoms with E-state index < -0.39 is 16.9 Å². The Morgan fingerprint density at radius 1 is 1.17 bits per heavy atom. The van der Waals surface area contributed by atoms with Crippen LogP contribution in [0.2, 0.25) is 0 Å². The van der Waals surface area contributed by atoms with Crippen molar-refractivity contribution in [3.63, 3.8) is 0 Å². The van der Waals surface area contributed by atoms with E-state index in [1.165, 1.54) is 12.1 Å². The molecule has 11 heteroatoms. The van der Waals surface area contributed by atoms with Crippen LogP contribution in [-0.4, -0.2) is 76.4 Å². The van der Waals surface area contributed by atoms with Gasteiger partial charge < -0.3 is 25.4 Å². The number of rotatable bonds is 9. The highest BCUT2D eigenvalue weighted by atomic mass is 16.6. The molecule has 0 unspecified atom stereocenters. The van der Waals surface area contributed by atoms with Crippen LogP contribution in [0.15, 0.2) is 18.2 Å². The Balaban J connectivity index is 1.75. The Morgan fingerprint density at radius 2 is 1.73 bits per heavy atom. The fourth-order valence-electron chi connectivity index (χ4n) is 3.06. The number of nitro benzene ring substituents is 1. The second-order valence-corrected chi connectivity index (χ2v) is 7.07. The maximum atomic E-state index is 12.4. The molecular weight excluding hydrogens is 396 g/mol. The van der Waals surface area contributed by atoms with E-state index in [2.05, 4.69) is 0 Å². The van der Waals surface area contributed by atoms with Crippen molar-refractivity contribution in [2.24, 2.45) is 5.73 Å². The molecule has 1 saturated heterocycles. The maximum Gasteiger partial charge on any atom is 0.320 e. The lowest BCUT2D eigenvalue weighted by Crippen LogP contribution is -2.51. The molecule has 0 spiro atoms. The summed E-state index contributed by atoms with van der Waals surface area (Å²) in [6, 6.07) is 3.56. The molecule has 0 radical (unpaired) electrons. The molecule has 164 valence electrons. The van der Waals surface area contributed by atoms with Crippen molar-refractivity contribution < 1.29 is 29.2 Å². The van der Waals surface area contributed by atoms with Gasteiger partial charge in [0.25, 0.3) is 0 Å². The van der Waals surface area contributed by atoms with E-state index in [-0.39, 0.29) is 49.1 Å². The Labute approximate surface area is 173 Å². The summed E-state index contributed by atoms with van der Waals surface area (Å²) in [5.41, 5.74) is 6.00. The third-order valence-corrected chi connectivity index (χ3v) is 4.86. The van der Waals surface area contributed by atoms with Crippen LogP contribution in [0.5, 0.6) is 5.75 Å². The largest absolute Gasteiger partial charge is 0.486 e. The number of nitrogens with zero attached hydrogens (tertiary/aromatic N) is 3. The van der Waals surface area contributed by atoms with Crippen LogP contribution in [0.1, 0.15) is 24.8 Å². The highest BCUT2D eigenvalue weighted by Crippen LogP contribution is 2.27. The zero-order chi connectivity index (χ0) is 22.3. The summed E-state index contributed by atoms with van der Waals surface area (Å²) >= 11 is 0. The van der Waals surface area contributed by atoms with E-state index in [0.29, 0.717) is 26.2 Å². The van der Waals surface area contributed by atoms with Gasteiger partial charge in [-0.1, -0.05) is 6.07 Å². The van der Waals surface area contributed by atoms with Crippen LogP contribution in [-0.2, 0) is 14.4 Å². The number of aliphatic carboxylic acids is 1. The van der Waals surface area contributed by atoms with Crippen LogP contribution in [0.3, 0.4) is 0 Å². The number of amides is 2. The molecule has 1 aromatic rings. The maximum absolute atomic E-state index is 12.4. The van der Waals surface area contributed by atoms with Gasteiger partial charge in [-0.25, -0.2) is 0 Å².